The number of ether oxygens (including phenoxy) is 1. The smallest absolute Gasteiger partial charge is 0.302 e. The maximum atomic E-state index is 12.1. The zero-order valence-electron chi connectivity index (χ0n) is 19.6. The van der Waals surface area contributed by atoms with Gasteiger partial charge in [-0.05, 0) is 87.2 Å². The molecule has 0 saturated heterocycles. The van der Waals surface area contributed by atoms with Gasteiger partial charge in [0.05, 0.1) is 5.69 Å². The highest BCUT2D eigenvalue weighted by Gasteiger charge is 2.58. The number of hydrogen-bond donors (Lipinski definition) is 0. The van der Waals surface area contributed by atoms with Crippen LogP contribution in [0.4, 0.5) is 0 Å². The maximum absolute atomic E-state index is 12.1. The number of carbonyl (C=O) groups excluding carboxylic acids is 2. The molecule has 0 aliphatic heterocycles. The number of nitrogens with zero attached hydrogens (tertiary/aromatic N) is 1. The number of ketones is 1. The van der Waals surface area contributed by atoms with Crippen LogP contribution < -0.4 is 0 Å². The first kappa shape index (κ1) is 20.9. The average Bonchev–Trinajstić information content (AvgIpc) is 2.99. The Morgan fingerprint density at radius 2 is 1.81 bits per heavy atom. The lowest BCUT2D eigenvalue weighted by atomic mass is 9.48. The predicted molar refractivity (Wildman–Crippen MR) is 120 cm³/mol. The molecular weight excluding hydrogens is 386 g/mol. The summed E-state index contributed by atoms with van der Waals surface area (Å²) in [7, 11) is 0. The molecule has 6 atom stereocenters. The first-order valence-electron chi connectivity index (χ1n) is 12.0. The molecule has 1 aromatic heterocycles. The average molecular weight is 422 g/mol. The maximum Gasteiger partial charge on any atom is 0.302 e. The molecule has 31 heavy (non-hydrogen) atoms. The highest BCUT2D eigenvalue weighted by atomic mass is 16.5. The van der Waals surface area contributed by atoms with E-state index in [4.69, 9.17) is 9.72 Å². The minimum atomic E-state index is -0.159. The van der Waals surface area contributed by atoms with Gasteiger partial charge in [0, 0.05) is 30.0 Å². The van der Waals surface area contributed by atoms with Crippen LogP contribution in [0.15, 0.2) is 17.7 Å². The SMILES string of the molecule is CC(=O)O[C@H]1CC[C@@]2(C)C(=CC[C@@H]3[C@@H]2CC[C@]2(C)c4nc(C)c(C(C)=O)cc4C[C@@H]32)C1. The van der Waals surface area contributed by atoms with E-state index in [1.54, 1.807) is 6.92 Å². The van der Waals surface area contributed by atoms with Crippen LogP contribution in [0.2, 0.25) is 0 Å². The molecule has 0 aromatic carbocycles. The summed E-state index contributed by atoms with van der Waals surface area (Å²) in [5.74, 6) is 1.90. The normalized spacial score (nSPS) is 38.3. The monoisotopic (exact) mass is 421 g/mol. The number of rotatable bonds is 2. The Labute approximate surface area is 185 Å². The fourth-order valence-corrected chi connectivity index (χ4v) is 7.84. The van der Waals surface area contributed by atoms with Gasteiger partial charge in [0.2, 0.25) is 0 Å². The minimum absolute atomic E-state index is 0.0511. The molecule has 4 nitrogen and oxygen atoms in total. The molecule has 0 amide bonds. The molecule has 4 aliphatic rings. The molecule has 1 heterocycles. The Morgan fingerprint density at radius 3 is 2.52 bits per heavy atom. The van der Waals surface area contributed by atoms with E-state index in [0.29, 0.717) is 17.8 Å². The Balaban J connectivity index is 1.46. The van der Waals surface area contributed by atoms with Crippen molar-refractivity contribution in [3.8, 4) is 0 Å². The largest absolute Gasteiger partial charge is 0.462 e. The van der Waals surface area contributed by atoms with Gasteiger partial charge in [0.25, 0.3) is 0 Å². The second-order valence-electron chi connectivity index (χ2n) is 11.1. The molecule has 2 fully saturated rings. The van der Waals surface area contributed by atoms with Gasteiger partial charge in [-0.25, -0.2) is 0 Å². The van der Waals surface area contributed by atoms with Crippen molar-refractivity contribution in [2.24, 2.45) is 23.2 Å². The quantitative estimate of drug-likeness (QED) is 0.359. The van der Waals surface area contributed by atoms with E-state index in [2.05, 4.69) is 26.0 Å². The lowest BCUT2D eigenvalue weighted by Gasteiger charge is -2.57. The van der Waals surface area contributed by atoms with Crippen molar-refractivity contribution in [3.63, 3.8) is 0 Å². The fraction of sp³-hybridized carbons (Fsp3) is 0.667. The molecule has 2 saturated carbocycles. The van der Waals surface area contributed by atoms with Crippen molar-refractivity contribution in [2.45, 2.75) is 91.1 Å². The number of aryl methyl sites for hydroxylation is 1. The molecule has 0 radical (unpaired) electrons. The zero-order valence-corrected chi connectivity index (χ0v) is 19.6. The van der Waals surface area contributed by atoms with Gasteiger partial charge in [-0.1, -0.05) is 25.5 Å². The highest BCUT2D eigenvalue weighted by molar-refractivity contribution is 5.95. The van der Waals surface area contributed by atoms with Gasteiger partial charge in [-0.2, -0.15) is 0 Å². The van der Waals surface area contributed by atoms with E-state index in [1.807, 2.05) is 6.92 Å². The lowest BCUT2D eigenvalue weighted by molar-refractivity contribution is -0.148. The van der Waals surface area contributed by atoms with Gasteiger partial charge < -0.3 is 4.74 Å². The standard InChI is InChI=1S/C27H35NO3/c1-15-22(16(2)29)12-18-13-24-21-7-6-19-14-20(31-17(3)30)8-10-26(19,4)23(21)9-11-27(24,5)25(18)28-15/h6,12,20-21,23-24H,7-11,13-14H2,1-5H3/t20-,21+,23-,24-,26-,27-/m0/s1. The summed E-state index contributed by atoms with van der Waals surface area (Å²) >= 11 is 0. The number of pyridine rings is 1. The highest BCUT2D eigenvalue weighted by Crippen LogP contribution is 2.64. The van der Waals surface area contributed by atoms with Crippen LogP contribution in [0.1, 0.15) is 93.5 Å². The van der Waals surface area contributed by atoms with Crippen molar-refractivity contribution in [1.29, 1.82) is 0 Å². The molecule has 166 valence electrons. The number of aromatic nitrogens is 1. The predicted octanol–water partition coefficient (Wildman–Crippen LogP) is 5.50. The van der Waals surface area contributed by atoms with Crippen LogP contribution in [-0.2, 0) is 21.4 Å². The van der Waals surface area contributed by atoms with Crippen molar-refractivity contribution in [3.05, 3.63) is 40.2 Å². The summed E-state index contributed by atoms with van der Waals surface area (Å²) in [6.07, 6.45) is 10.1. The Bertz CT molecular complexity index is 994. The summed E-state index contributed by atoms with van der Waals surface area (Å²) in [5, 5.41) is 0. The molecule has 5 rings (SSSR count). The third-order valence-electron chi connectivity index (χ3n) is 9.43. The summed E-state index contributed by atoms with van der Waals surface area (Å²) in [4.78, 5) is 28.6. The number of carbonyl (C=O) groups is 2. The van der Waals surface area contributed by atoms with Crippen LogP contribution in [0, 0.1) is 30.1 Å². The number of esters is 1. The molecule has 0 N–H and O–H groups in total. The van der Waals surface area contributed by atoms with Crippen LogP contribution in [0.5, 0.6) is 0 Å². The zero-order chi connectivity index (χ0) is 22.1. The molecule has 4 heteroatoms. The summed E-state index contributed by atoms with van der Waals surface area (Å²) in [6, 6.07) is 2.15. The Kier molecular flexibility index (Phi) is 4.73. The van der Waals surface area contributed by atoms with Crippen molar-refractivity contribution < 1.29 is 14.3 Å². The van der Waals surface area contributed by atoms with Gasteiger partial charge in [-0.15, -0.1) is 0 Å². The van der Waals surface area contributed by atoms with E-state index < -0.39 is 0 Å². The molecule has 1 aromatic rings. The second-order valence-corrected chi connectivity index (χ2v) is 11.1. The van der Waals surface area contributed by atoms with Crippen LogP contribution in [0.3, 0.4) is 0 Å². The number of Topliss-reactive ketones (excluding diaryl/α,β-unsaturated/α-hetero) is 1. The second kappa shape index (κ2) is 7.02. The summed E-state index contributed by atoms with van der Waals surface area (Å²) in [6.45, 7) is 10.1. The molecule has 4 aliphatic carbocycles. The molecule has 0 bridgehead atoms. The summed E-state index contributed by atoms with van der Waals surface area (Å²) < 4.78 is 5.57. The van der Waals surface area contributed by atoms with Crippen LogP contribution in [-0.4, -0.2) is 22.8 Å². The third-order valence-corrected chi connectivity index (χ3v) is 9.43. The van der Waals surface area contributed by atoms with Crippen LogP contribution >= 0.6 is 0 Å². The van der Waals surface area contributed by atoms with E-state index in [-0.39, 0.29) is 28.7 Å². The van der Waals surface area contributed by atoms with E-state index in [1.165, 1.54) is 36.6 Å². The fourth-order valence-electron chi connectivity index (χ4n) is 7.84. The Morgan fingerprint density at radius 1 is 1.06 bits per heavy atom. The van der Waals surface area contributed by atoms with Gasteiger partial charge in [0.1, 0.15) is 6.10 Å². The van der Waals surface area contributed by atoms with Gasteiger partial charge in [-0.3, -0.25) is 14.6 Å². The van der Waals surface area contributed by atoms with Crippen LogP contribution in [0.25, 0.3) is 0 Å². The first-order chi connectivity index (χ1) is 14.6. The van der Waals surface area contributed by atoms with Crippen molar-refractivity contribution in [1.82, 2.24) is 4.98 Å². The Hall–Kier alpha value is -1.97. The number of hydrogen-bond acceptors (Lipinski definition) is 4. The van der Waals surface area contributed by atoms with Crippen molar-refractivity contribution >= 4 is 11.8 Å². The molecule has 0 spiro atoms. The van der Waals surface area contributed by atoms with E-state index >= 15 is 0 Å². The van der Waals surface area contributed by atoms with E-state index in [9.17, 15) is 9.59 Å². The van der Waals surface area contributed by atoms with Crippen molar-refractivity contribution in [2.75, 3.05) is 0 Å². The van der Waals surface area contributed by atoms with Gasteiger partial charge in [0.15, 0.2) is 5.78 Å². The topological polar surface area (TPSA) is 56.3 Å². The first-order valence-corrected chi connectivity index (χ1v) is 12.0. The summed E-state index contributed by atoms with van der Waals surface area (Å²) in [5.41, 5.74) is 6.12. The molecule has 0 unspecified atom stereocenters. The third kappa shape index (κ3) is 3.04. The lowest BCUT2D eigenvalue weighted by Crippen LogP contribution is -2.51. The van der Waals surface area contributed by atoms with Gasteiger partial charge >= 0.3 is 5.97 Å². The molecular formula is C27H35NO3. The minimum Gasteiger partial charge on any atom is -0.462 e. The van der Waals surface area contributed by atoms with E-state index in [0.717, 1.165) is 43.4 Å². The number of allylic oxidation sites excluding steroid dienone is 1. The number of fused-ring (bicyclic) bond motifs is 7.